The SMILES string of the molecule is CC(OC(=O)Nc1c(-c2ccc3cc(C#COC=O)ccc3c2)cnn1C)c1ccccc1. The highest BCUT2D eigenvalue weighted by atomic mass is 16.6. The average molecular weight is 439 g/mol. The Morgan fingerprint density at radius 3 is 2.64 bits per heavy atom. The number of benzene rings is 3. The van der Waals surface area contributed by atoms with Crippen LogP contribution >= 0.6 is 0 Å². The smallest absolute Gasteiger partial charge is 0.413 e. The van der Waals surface area contributed by atoms with E-state index in [9.17, 15) is 9.59 Å². The fraction of sp³-hybridized carbons (Fsp3) is 0.115. The molecule has 0 aliphatic rings. The lowest BCUT2D eigenvalue weighted by atomic mass is 10.0. The molecule has 1 aromatic heterocycles. The van der Waals surface area contributed by atoms with E-state index in [1.54, 1.807) is 17.9 Å². The molecular formula is C26H21N3O4. The lowest BCUT2D eigenvalue weighted by molar-refractivity contribution is -0.122. The molecule has 7 heteroatoms. The topological polar surface area (TPSA) is 82.4 Å². The first kappa shape index (κ1) is 21.7. The summed E-state index contributed by atoms with van der Waals surface area (Å²) in [4.78, 5) is 22.8. The zero-order valence-electron chi connectivity index (χ0n) is 18.1. The Labute approximate surface area is 190 Å². The Morgan fingerprint density at radius 2 is 1.85 bits per heavy atom. The first-order chi connectivity index (χ1) is 16.0. The molecule has 1 amide bonds. The van der Waals surface area contributed by atoms with Gasteiger partial charge in [-0.1, -0.05) is 48.5 Å². The molecule has 0 spiro atoms. The first-order valence-electron chi connectivity index (χ1n) is 10.2. The monoisotopic (exact) mass is 439 g/mol. The molecule has 7 nitrogen and oxygen atoms in total. The van der Waals surface area contributed by atoms with Crippen molar-refractivity contribution in [2.75, 3.05) is 5.32 Å². The normalized spacial score (nSPS) is 11.2. The second-order valence-corrected chi connectivity index (χ2v) is 7.33. The van der Waals surface area contributed by atoms with Crippen LogP contribution in [0.2, 0.25) is 0 Å². The number of ether oxygens (including phenoxy) is 2. The summed E-state index contributed by atoms with van der Waals surface area (Å²) in [5.74, 6) is 3.30. The van der Waals surface area contributed by atoms with Gasteiger partial charge in [0.05, 0.1) is 6.20 Å². The number of fused-ring (bicyclic) bond motifs is 1. The predicted molar refractivity (Wildman–Crippen MR) is 125 cm³/mol. The minimum Gasteiger partial charge on any atom is -0.441 e. The molecule has 1 N–H and O–H groups in total. The number of nitrogens with zero attached hydrogens (tertiary/aromatic N) is 2. The number of anilines is 1. The van der Waals surface area contributed by atoms with Gasteiger partial charge < -0.3 is 9.47 Å². The van der Waals surface area contributed by atoms with Crippen LogP contribution in [0, 0.1) is 12.0 Å². The van der Waals surface area contributed by atoms with Gasteiger partial charge in [-0.3, -0.25) is 14.8 Å². The standard InChI is InChI=1S/C26H21N3O4/c1-18(20-6-4-3-5-7-20)33-26(31)28-25-24(16-27-29(25)2)23-11-10-21-14-19(12-13-32-17-30)8-9-22(21)15-23/h3-11,14-18H,1-2H3,(H,28,31). The maximum Gasteiger partial charge on any atom is 0.413 e. The predicted octanol–water partition coefficient (Wildman–Crippen LogP) is 5.03. The van der Waals surface area contributed by atoms with Crippen LogP contribution in [-0.4, -0.2) is 22.3 Å². The molecule has 0 aliphatic heterocycles. The highest BCUT2D eigenvalue weighted by Crippen LogP contribution is 2.31. The van der Waals surface area contributed by atoms with Crippen LogP contribution in [0.1, 0.15) is 24.2 Å². The number of rotatable bonds is 5. The third-order valence-corrected chi connectivity index (χ3v) is 5.17. The number of hydrogen-bond donors (Lipinski definition) is 1. The van der Waals surface area contributed by atoms with E-state index in [4.69, 9.17) is 4.74 Å². The van der Waals surface area contributed by atoms with E-state index in [0.29, 0.717) is 5.82 Å². The minimum atomic E-state index is -0.558. The van der Waals surface area contributed by atoms with Crippen molar-refractivity contribution in [1.82, 2.24) is 9.78 Å². The number of carbonyl (C=O) groups excluding carboxylic acids is 2. The Kier molecular flexibility index (Phi) is 6.37. The van der Waals surface area contributed by atoms with E-state index in [2.05, 4.69) is 27.2 Å². The molecule has 0 bridgehead atoms. The summed E-state index contributed by atoms with van der Waals surface area (Å²) in [7, 11) is 1.76. The minimum absolute atomic E-state index is 0.290. The van der Waals surface area contributed by atoms with Crippen LogP contribution < -0.4 is 5.32 Å². The van der Waals surface area contributed by atoms with Crippen molar-refractivity contribution < 1.29 is 19.1 Å². The van der Waals surface area contributed by atoms with Gasteiger partial charge in [-0.15, -0.1) is 0 Å². The zero-order valence-corrected chi connectivity index (χ0v) is 18.1. The van der Waals surface area contributed by atoms with Crippen molar-refractivity contribution in [3.63, 3.8) is 0 Å². The number of aryl methyl sites for hydroxylation is 1. The van der Waals surface area contributed by atoms with Crippen LogP contribution in [0.5, 0.6) is 0 Å². The van der Waals surface area contributed by atoms with Crippen LogP contribution in [-0.2, 0) is 21.3 Å². The molecule has 0 saturated heterocycles. The van der Waals surface area contributed by atoms with Gasteiger partial charge in [0.25, 0.3) is 0 Å². The summed E-state index contributed by atoms with van der Waals surface area (Å²) in [6.45, 7) is 2.12. The Balaban J connectivity index is 1.55. The second-order valence-electron chi connectivity index (χ2n) is 7.33. The van der Waals surface area contributed by atoms with Gasteiger partial charge in [-0.05, 0) is 52.9 Å². The number of nitrogens with one attached hydrogen (secondary N) is 1. The molecule has 3 aromatic carbocycles. The van der Waals surface area contributed by atoms with Crippen LogP contribution in [0.4, 0.5) is 10.6 Å². The number of carbonyl (C=O) groups is 2. The highest BCUT2D eigenvalue weighted by molar-refractivity contribution is 5.93. The van der Waals surface area contributed by atoms with Gasteiger partial charge in [0.2, 0.25) is 0 Å². The lowest BCUT2D eigenvalue weighted by Crippen LogP contribution is -2.18. The molecule has 1 unspecified atom stereocenters. The molecule has 0 radical (unpaired) electrons. The summed E-state index contributed by atoms with van der Waals surface area (Å²) >= 11 is 0. The largest absolute Gasteiger partial charge is 0.441 e. The molecular weight excluding hydrogens is 418 g/mol. The fourth-order valence-electron chi connectivity index (χ4n) is 3.48. The molecule has 33 heavy (non-hydrogen) atoms. The van der Waals surface area contributed by atoms with Crippen molar-refractivity contribution >= 4 is 29.2 Å². The van der Waals surface area contributed by atoms with Gasteiger partial charge in [0, 0.05) is 18.2 Å². The fourth-order valence-corrected chi connectivity index (χ4v) is 3.48. The molecule has 0 fully saturated rings. The summed E-state index contributed by atoms with van der Waals surface area (Å²) in [5.41, 5.74) is 3.31. The third-order valence-electron chi connectivity index (χ3n) is 5.17. The van der Waals surface area contributed by atoms with Crippen LogP contribution in [0.25, 0.3) is 21.9 Å². The second kappa shape index (κ2) is 9.71. The van der Waals surface area contributed by atoms with Crippen molar-refractivity contribution in [3.05, 3.63) is 84.1 Å². The van der Waals surface area contributed by atoms with Crippen LogP contribution in [0.15, 0.2) is 72.9 Å². The maximum atomic E-state index is 12.6. The Morgan fingerprint density at radius 1 is 1.09 bits per heavy atom. The average Bonchev–Trinajstić information content (AvgIpc) is 3.19. The molecule has 0 aliphatic carbocycles. The molecule has 1 atom stereocenters. The van der Waals surface area contributed by atoms with Gasteiger partial charge in [0.1, 0.15) is 18.0 Å². The van der Waals surface area contributed by atoms with Crippen molar-refractivity contribution in [2.45, 2.75) is 13.0 Å². The summed E-state index contributed by atoms with van der Waals surface area (Å²) < 4.78 is 11.6. The Hall–Kier alpha value is -4.57. The van der Waals surface area contributed by atoms with Crippen molar-refractivity contribution in [1.29, 1.82) is 0 Å². The highest BCUT2D eigenvalue weighted by Gasteiger charge is 2.17. The third kappa shape index (κ3) is 5.02. The maximum absolute atomic E-state index is 12.6. The number of aromatic nitrogens is 2. The van der Waals surface area contributed by atoms with Gasteiger partial charge >= 0.3 is 12.6 Å². The van der Waals surface area contributed by atoms with Crippen molar-refractivity contribution in [3.8, 4) is 23.2 Å². The molecule has 164 valence electrons. The molecule has 4 rings (SSSR count). The van der Waals surface area contributed by atoms with E-state index < -0.39 is 12.2 Å². The van der Waals surface area contributed by atoms with E-state index in [1.807, 2.05) is 73.7 Å². The van der Waals surface area contributed by atoms with Crippen molar-refractivity contribution in [2.24, 2.45) is 7.05 Å². The van der Waals surface area contributed by atoms with Gasteiger partial charge in [-0.25, -0.2) is 4.79 Å². The number of hydrogen-bond acceptors (Lipinski definition) is 5. The first-order valence-corrected chi connectivity index (χ1v) is 10.2. The van der Waals surface area contributed by atoms with Gasteiger partial charge in [-0.2, -0.15) is 5.10 Å². The van der Waals surface area contributed by atoms with E-state index >= 15 is 0 Å². The molecule has 4 aromatic rings. The van der Waals surface area contributed by atoms with E-state index in [0.717, 1.165) is 33.0 Å². The summed E-state index contributed by atoms with van der Waals surface area (Å²) in [6, 6.07) is 21.1. The summed E-state index contributed by atoms with van der Waals surface area (Å²) in [6.07, 6.45) is 3.08. The quantitative estimate of drug-likeness (QED) is 0.348. The molecule has 0 saturated carbocycles. The van der Waals surface area contributed by atoms with Gasteiger partial charge in [0.15, 0.2) is 0 Å². The lowest BCUT2D eigenvalue weighted by Gasteiger charge is -2.15. The summed E-state index contributed by atoms with van der Waals surface area (Å²) in [5, 5.41) is 9.10. The Bertz CT molecular complexity index is 1370. The van der Waals surface area contributed by atoms with E-state index in [1.165, 1.54) is 0 Å². The number of amides is 1. The zero-order chi connectivity index (χ0) is 23.2. The molecule has 1 heterocycles. The van der Waals surface area contributed by atoms with Crippen LogP contribution in [0.3, 0.4) is 0 Å². The van der Waals surface area contributed by atoms with E-state index in [-0.39, 0.29) is 6.47 Å².